The normalized spacial score (nSPS) is 16.3. The van der Waals surface area contributed by atoms with Crippen molar-refractivity contribution in [1.29, 1.82) is 0 Å². The SMILES string of the molecule is CCNC(=NCc1cnn(-c2ccccc2)c1)NCC1(CCOC)CCCC1. The molecule has 2 N–H and O–H groups in total. The summed E-state index contributed by atoms with van der Waals surface area (Å²) in [6, 6.07) is 10.1. The summed E-state index contributed by atoms with van der Waals surface area (Å²) in [4.78, 5) is 4.77. The quantitative estimate of drug-likeness (QED) is 0.514. The van der Waals surface area contributed by atoms with Crippen molar-refractivity contribution in [2.75, 3.05) is 26.8 Å². The lowest BCUT2D eigenvalue weighted by Crippen LogP contribution is -2.43. The number of hydrogen-bond acceptors (Lipinski definition) is 3. The van der Waals surface area contributed by atoms with E-state index < -0.39 is 0 Å². The standard InChI is InChI=1S/C22H33N5O/c1-3-23-21(25-18-22(13-14-28-2)11-7-8-12-22)24-15-19-16-26-27(17-19)20-9-5-4-6-10-20/h4-6,9-10,16-17H,3,7-8,11-15,18H2,1-2H3,(H2,23,24,25). The minimum Gasteiger partial charge on any atom is -0.385 e. The number of nitrogens with zero attached hydrogens (tertiary/aromatic N) is 3. The van der Waals surface area contributed by atoms with E-state index in [1.54, 1.807) is 7.11 Å². The van der Waals surface area contributed by atoms with Gasteiger partial charge in [0.15, 0.2) is 5.96 Å². The van der Waals surface area contributed by atoms with E-state index in [1.165, 1.54) is 25.7 Å². The Morgan fingerprint density at radius 1 is 1.21 bits per heavy atom. The zero-order valence-electron chi connectivity index (χ0n) is 17.2. The van der Waals surface area contributed by atoms with Gasteiger partial charge in [0.1, 0.15) is 0 Å². The second-order valence-electron chi connectivity index (χ2n) is 7.63. The molecule has 1 heterocycles. The van der Waals surface area contributed by atoms with Crippen LogP contribution in [0.4, 0.5) is 0 Å². The third-order valence-corrected chi connectivity index (χ3v) is 5.55. The maximum Gasteiger partial charge on any atom is 0.191 e. The summed E-state index contributed by atoms with van der Waals surface area (Å²) in [5, 5.41) is 11.4. The average Bonchev–Trinajstić information content (AvgIpc) is 3.40. The number of nitrogens with one attached hydrogen (secondary N) is 2. The monoisotopic (exact) mass is 383 g/mol. The Kier molecular flexibility index (Phi) is 7.48. The van der Waals surface area contributed by atoms with Crippen molar-refractivity contribution < 1.29 is 4.74 Å². The Morgan fingerprint density at radius 3 is 2.71 bits per heavy atom. The Morgan fingerprint density at radius 2 is 2.00 bits per heavy atom. The van der Waals surface area contributed by atoms with Gasteiger partial charge in [-0.15, -0.1) is 0 Å². The number of aromatic nitrogens is 2. The maximum absolute atomic E-state index is 5.34. The molecular formula is C22H33N5O. The molecule has 1 aromatic carbocycles. The van der Waals surface area contributed by atoms with Crippen LogP contribution in [0.3, 0.4) is 0 Å². The molecule has 1 saturated carbocycles. The number of ether oxygens (including phenoxy) is 1. The van der Waals surface area contributed by atoms with Gasteiger partial charge in [0.05, 0.1) is 18.4 Å². The number of hydrogen-bond donors (Lipinski definition) is 2. The molecule has 1 aromatic heterocycles. The van der Waals surface area contributed by atoms with E-state index in [9.17, 15) is 0 Å². The molecule has 152 valence electrons. The van der Waals surface area contributed by atoms with Crippen LogP contribution in [-0.2, 0) is 11.3 Å². The molecule has 0 unspecified atom stereocenters. The van der Waals surface area contributed by atoms with Gasteiger partial charge in [-0.1, -0.05) is 31.0 Å². The lowest BCUT2D eigenvalue weighted by molar-refractivity contribution is 0.138. The van der Waals surface area contributed by atoms with E-state index in [1.807, 2.05) is 47.4 Å². The molecule has 0 spiro atoms. The summed E-state index contributed by atoms with van der Waals surface area (Å²) < 4.78 is 7.24. The first kappa shape index (κ1) is 20.4. The van der Waals surface area contributed by atoms with Crippen molar-refractivity contribution in [2.24, 2.45) is 10.4 Å². The van der Waals surface area contributed by atoms with Gasteiger partial charge in [0.25, 0.3) is 0 Å². The molecule has 2 aromatic rings. The summed E-state index contributed by atoms with van der Waals surface area (Å²) in [7, 11) is 1.79. The van der Waals surface area contributed by atoms with Crippen molar-refractivity contribution in [1.82, 2.24) is 20.4 Å². The third kappa shape index (κ3) is 5.58. The van der Waals surface area contributed by atoms with Gasteiger partial charge in [-0.05, 0) is 43.7 Å². The minimum atomic E-state index is 0.338. The molecular weight excluding hydrogens is 350 g/mol. The number of rotatable bonds is 9. The van der Waals surface area contributed by atoms with E-state index >= 15 is 0 Å². The number of para-hydroxylation sites is 1. The van der Waals surface area contributed by atoms with Gasteiger partial charge < -0.3 is 15.4 Å². The minimum absolute atomic E-state index is 0.338. The number of methoxy groups -OCH3 is 1. The van der Waals surface area contributed by atoms with Gasteiger partial charge in [-0.2, -0.15) is 5.10 Å². The Labute approximate surface area is 168 Å². The van der Waals surface area contributed by atoms with Crippen molar-refractivity contribution >= 4 is 5.96 Å². The molecule has 1 aliphatic rings. The van der Waals surface area contributed by atoms with Gasteiger partial charge in [0.2, 0.25) is 0 Å². The van der Waals surface area contributed by atoms with Crippen LogP contribution in [-0.4, -0.2) is 42.5 Å². The summed E-state index contributed by atoms with van der Waals surface area (Å²) in [6.45, 7) is 5.33. The zero-order chi connectivity index (χ0) is 19.7. The topological polar surface area (TPSA) is 63.5 Å². The molecule has 28 heavy (non-hydrogen) atoms. The molecule has 0 aliphatic heterocycles. The molecule has 0 amide bonds. The molecule has 3 rings (SSSR count). The van der Waals surface area contributed by atoms with Gasteiger partial charge >= 0.3 is 0 Å². The summed E-state index contributed by atoms with van der Waals surface area (Å²) in [6.07, 6.45) is 10.2. The first-order valence-electron chi connectivity index (χ1n) is 10.3. The van der Waals surface area contributed by atoms with Crippen LogP contribution in [0.5, 0.6) is 0 Å². The predicted octanol–water partition coefficient (Wildman–Crippen LogP) is 3.52. The Hall–Kier alpha value is -2.34. The van der Waals surface area contributed by atoms with Gasteiger partial charge in [-0.3, -0.25) is 0 Å². The predicted molar refractivity (Wildman–Crippen MR) is 114 cm³/mol. The van der Waals surface area contributed by atoms with Gasteiger partial charge in [-0.25, -0.2) is 9.67 Å². The highest BCUT2D eigenvalue weighted by molar-refractivity contribution is 5.79. The van der Waals surface area contributed by atoms with Crippen LogP contribution < -0.4 is 10.6 Å². The van der Waals surface area contributed by atoms with Crippen LogP contribution in [0.1, 0.15) is 44.6 Å². The third-order valence-electron chi connectivity index (χ3n) is 5.55. The molecule has 6 heteroatoms. The van der Waals surface area contributed by atoms with Crippen molar-refractivity contribution in [3.8, 4) is 5.69 Å². The molecule has 0 atom stereocenters. The van der Waals surface area contributed by atoms with Gasteiger partial charge in [0, 0.05) is 38.6 Å². The average molecular weight is 384 g/mol. The fourth-order valence-electron chi connectivity index (χ4n) is 3.91. The van der Waals surface area contributed by atoms with Crippen molar-refractivity contribution in [3.63, 3.8) is 0 Å². The Bertz CT molecular complexity index is 734. The number of benzene rings is 1. The van der Waals surface area contributed by atoms with Crippen LogP contribution in [0.2, 0.25) is 0 Å². The second-order valence-corrected chi connectivity index (χ2v) is 7.63. The Balaban J connectivity index is 1.60. The summed E-state index contributed by atoms with van der Waals surface area (Å²) in [5.41, 5.74) is 2.49. The fraction of sp³-hybridized carbons (Fsp3) is 0.545. The van der Waals surface area contributed by atoms with E-state index in [-0.39, 0.29) is 0 Å². The second kappa shape index (κ2) is 10.3. The molecule has 1 fully saturated rings. The zero-order valence-corrected chi connectivity index (χ0v) is 17.2. The van der Waals surface area contributed by atoms with Crippen LogP contribution in [0, 0.1) is 5.41 Å². The smallest absolute Gasteiger partial charge is 0.191 e. The van der Waals surface area contributed by atoms with E-state index in [0.29, 0.717) is 12.0 Å². The molecule has 0 bridgehead atoms. The van der Waals surface area contributed by atoms with Crippen LogP contribution in [0.15, 0.2) is 47.7 Å². The lowest BCUT2D eigenvalue weighted by Gasteiger charge is -2.30. The first-order valence-corrected chi connectivity index (χ1v) is 10.3. The highest BCUT2D eigenvalue weighted by Gasteiger charge is 2.33. The van der Waals surface area contributed by atoms with Crippen LogP contribution >= 0.6 is 0 Å². The van der Waals surface area contributed by atoms with Crippen molar-refractivity contribution in [3.05, 3.63) is 48.3 Å². The largest absolute Gasteiger partial charge is 0.385 e. The molecule has 0 saturated heterocycles. The van der Waals surface area contributed by atoms with E-state index in [2.05, 4.69) is 22.7 Å². The van der Waals surface area contributed by atoms with E-state index in [4.69, 9.17) is 9.73 Å². The highest BCUT2D eigenvalue weighted by atomic mass is 16.5. The summed E-state index contributed by atoms with van der Waals surface area (Å²) >= 11 is 0. The number of guanidine groups is 1. The van der Waals surface area contributed by atoms with E-state index in [0.717, 1.165) is 43.3 Å². The molecule has 1 aliphatic carbocycles. The first-order chi connectivity index (χ1) is 13.7. The molecule has 0 radical (unpaired) electrons. The highest BCUT2D eigenvalue weighted by Crippen LogP contribution is 2.40. The van der Waals surface area contributed by atoms with Crippen LogP contribution in [0.25, 0.3) is 5.69 Å². The number of aliphatic imine (C=N–C) groups is 1. The lowest BCUT2D eigenvalue weighted by atomic mass is 9.83. The van der Waals surface area contributed by atoms with Crippen molar-refractivity contribution in [2.45, 2.75) is 45.6 Å². The summed E-state index contributed by atoms with van der Waals surface area (Å²) in [5.74, 6) is 0.874. The maximum atomic E-state index is 5.34. The molecule has 6 nitrogen and oxygen atoms in total. The fourth-order valence-corrected chi connectivity index (χ4v) is 3.91.